The molecule has 2 aromatic rings. The van der Waals surface area contributed by atoms with Crippen molar-refractivity contribution in [2.24, 2.45) is 4.99 Å². The summed E-state index contributed by atoms with van der Waals surface area (Å²) in [6.45, 7) is 5.85. The standard InChI is InChI=1S/C18H19ClN2O2/c1-18(2,3)21-16(13-9-11-14(19)12-10-13)20-17(22)23-15-7-5-4-6-8-15/h4-12H,1-3H3,(H,20,21,22). The Morgan fingerprint density at radius 2 is 1.65 bits per heavy atom. The van der Waals surface area contributed by atoms with Gasteiger partial charge in [0.25, 0.3) is 0 Å². The van der Waals surface area contributed by atoms with E-state index < -0.39 is 6.09 Å². The van der Waals surface area contributed by atoms with Crippen molar-refractivity contribution in [1.82, 2.24) is 5.32 Å². The van der Waals surface area contributed by atoms with E-state index >= 15 is 0 Å². The maximum Gasteiger partial charge on any atom is 0.418 e. The first-order valence-electron chi connectivity index (χ1n) is 7.23. The van der Waals surface area contributed by atoms with Gasteiger partial charge in [0.2, 0.25) is 0 Å². The number of benzene rings is 2. The number of aliphatic imine (C=N–C) groups is 1. The number of nitrogens with one attached hydrogen (secondary N) is 1. The van der Waals surface area contributed by atoms with Crippen LogP contribution in [-0.2, 0) is 0 Å². The number of para-hydroxylation sites is 1. The molecule has 0 aliphatic rings. The molecule has 2 aromatic carbocycles. The SMILES string of the molecule is CC(C)(C)N=C(NC(=O)Oc1ccccc1)c1ccc(Cl)cc1. The summed E-state index contributed by atoms with van der Waals surface area (Å²) in [7, 11) is 0. The molecule has 2 rings (SSSR count). The molecule has 0 aromatic heterocycles. The second-order valence-electron chi connectivity index (χ2n) is 5.97. The summed E-state index contributed by atoms with van der Waals surface area (Å²) in [5.41, 5.74) is 0.406. The van der Waals surface area contributed by atoms with E-state index in [1.165, 1.54) is 0 Å². The number of hydrogen-bond acceptors (Lipinski definition) is 3. The second kappa shape index (κ2) is 7.29. The number of halogens is 1. The van der Waals surface area contributed by atoms with E-state index in [1.54, 1.807) is 48.5 Å². The van der Waals surface area contributed by atoms with Gasteiger partial charge in [-0.15, -0.1) is 0 Å². The number of hydrogen-bond donors (Lipinski definition) is 1. The van der Waals surface area contributed by atoms with Gasteiger partial charge in [-0.05, 0) is 57.2 Å². The summed E-state index contributed by atoms with van der Waals surface area (Å²) in [5.74, 6) is 0.909. The minimum atomic E-state index is -0.589. The van der Waals surface area contributed by atoms with Gasteiger partial charge in [-0.3, -0.25) is 10.3 Å². The molecular formula is C18H19ClN2O2. The van der Waals surface area contributed by atoms with Gasteiger partial charge in [-0.1, -0.05) is 29.8 Å². The highest BCUT2D eigenvalue weighted by Gasteiger charge is 2.15. The monoisotopic (exact) mass is 330 g/mol. The first-order valence-corrected chi connectivity index (χ1v) is 7.61. The molecule has 0 bridgehead atoms. The number of carbonyl (C=O) groups is 1. The molecule has 5 heteroatoms. The van der Waals surface area contributed by atoms with Gasteiger partial charge in [-0.25, -0.2) is 4.79 Å². The van der Waals surface area contributed by atoms with Gasteiger partial charge in [0, 0.05) is 10.6 Å². The molecule has 1 amide bonds. The third-order valence-corrected chi connectivity index (χ3v) is 2.99. The Hall–Kier alpha value is -2.33. The van der Waals surface area contributed by atoms with E-state index in [-0.39, 0.29) is 5.54 Å². The smallest absolute Gasteiger partial charge is 0.410 e. The zero-order valence-electron chi connectivity index (χ0n) is 13.3. The molecule has 23 heavy (non-hydrogen) atoms. The minimum Gasteiger partial charge on any atom is -0.410 e. The molecule has 0 saturated heterocycles. The van der Waals surface area contributed by atoms with E-state index in [2.05, 4.69) is 10.3 Å². The van der Waals surface area contributed by atoms with Crippen molar-refractivity contribution in [3.63, 3.8) is 0 Å². The Morgan fingerprint density at radius 1 is 1.04 bits per heavy atom. The zero-order valence-corrected chi connectivity index (χ0v) is 14.1. The normalized spacial score (nSPS) is 11.9. The van der Waals surface area contributed by atoms with Gasteiger partial charge in [0.15, 0.2) is 0 Å². The Morgan fingerprint density at radius 3 is 2.22 bits per heavy atom. The molecule has 0 heterocycles. The number of ether oxygens (including phenoxy) is 1. The lowest BCUT2D eigenvalue weighted by Gasteiger charge is -2.17. The topological polar surface area (TPSA) is 50.7 Å². The maximum atomic E-state index is 12.1. The van der Waals surface area contributed by atoms with E-state index in [9.17, 15) is 4.79 Å². The van der Waals surface area contributed by atoms with Crippen LogP contribution in [0.15, 0.2) is 59.6 Å². The van der Waals surface area contributed by atoms with Crippen LogP contribution >= 0.6 is 11.6 Å². The van der Waals surface area contributed by atoms with Crippen molar-refractivity contribution >= 4 is 23.5 Å². The van der Waals surface area contributed by atoms with Crippen LogP contribution in [0, 0.1) is 0 Å². The van der Waals surface area contributed by atoms with Crippen molar-refractivity contribution in [1.29, 1.82) is 0 Å². The molecule has 0 spiro atoms. The summed E-state index contributed by atoms with van der Waals surface area (Å²) in [5, 5.41) is 3.32. The lowest BCUT2D eigenvalue weighted by Crippen LogP contribution is -2.35. The molecular weight excluding hydrogens is 312 g/mol. The summed E-state index contributed by atoms with van der Waals surface area (Å²) in [6, 6.07) is 16.0. The fraction of sp³-hybridized carbons (Fsp3) is 0.222. The summed E-state index contributed by atoms with van der Waals surface area (Å²) >= 11 is 5.91. The van der Waals surface area contributed by atoms with Gasteiger partial charge < -0.3 is 4.74 Å². The first kappa shape index (κ1) is 17.0. The van der Waals surface area contributed by atoms with Gasteiger partial charge in [0.1, 0.15) is 11.6 Å². The van der Waals surface area contributed by atoms with Crippen molar-refractivity contribution in [2.45, 2.75) is 26.3 Å². The Bertz CT molecular complexity index is 689. The molecule has 0 atom stereocenters. The zero-order chi connectivity index (χ0) is 16.9. The molecule has 120 valence electrons. The van der Waals surface area contributed by atoms with Crippen LogP contribution in [-0.4, -0.2) is 17.5 Å². The highest BCUT2D eigenvalue weighted by Crippen LogP contribution is 2.14. The minimum absolute atomic E-state index is 0.352. The Kier molecular flexibility index (Phi) is 5.40. The maximum absolute atomic E-state index is 12.1. The Balaban J connectivity index is 2.20. The largest absolute Gasteiger partial charge is 0.418 e. The van der Waals surface area contributed by atoms with Crippen molar-refractivity contribution in [2.75, 3.05) is 0 Å². The van der Waals surface area contributed by atoms with Crippen LogP contribution in [0.25, 0.3) is 0 Å². The Labute approximate surface area is 141 Å². The summed E-state index contributed by atoms with van der Waals surface area (Å²) < 4.78 is 5.25. The molecule has 0 radical (unpaired) electrons. The highest BCUT2D eigenvalue weighted by atomic mass is 35.5. The predicted octanol–water partition coefficient (Wildman–Crippen LogP) is 4.67. The van der Waals surface area contributed by atoms with Gasteiger partial charge >= 0.3 is 6.09 Å². The van der Waals surface area contributed by atoms with Crippen LogP contribution in [0.4, 0.5) is 4.79 Å². The summed E-state index contributed by atoms with van der Waals surface area (Å²) in [4.78, 5) is 16.7. The van der Waals surface area contributed by atoms with Crippen LogP contribution in [0.3, 0.4) is 0 Å². The van der Waals surface area contributed by atoms with Crippen molar-refractivity contribution < 1.29 is 9.53 Å². The molecule has 0 unspecified atom stereocenters. The number of amidine groups is 1. The molecule has 0 aliphatic carbocycles. The third-order valence-electron chi connectivity index (χ3n) is 2.74. The quantitative estimate of drug-likeness (QED) is 0.642. The predicted molar refractivity (Wildman–Crippen MR) is 93.3 cm³/mol. The average Bonchev–Trinajstić information content (AvgIpc) is 2.47. The molecule has 0 saturated carbocycles. The van der Waals surface area contributed by atoms with Crippen molar-refractivity contribution in [3.8, 4) is 5.75 Å². The van der Waals surface area contributed by atoms with E-state index in [0.717, 1.165) is 5.56 Å². The van der Waals surface area contributed by atoms with Crippen LogP contribution < -0.4 is 10.1 Å². The fourth-order valence-corrected chi connectivity index (χ4v) is 1.95. The van der Waals surface area contributed by atoms with Gasteiger partial charge in [0.05, 0.1) is 5.54 Å². The number of amides is 1. The third kappa shape index (κ3) is 5.75. The second-order valence-corrected chi connectivity index (χ2v) is 6.40. The van der Waals surface area contributed by atoms with E-state index in [1.807, 2.05) is 26.8 Å². The molecule has 4 nitrogen and oxygen atoms in total. The first-order chi connectivity index (χ1) is 10.8. The van der Waals surface area contributed by atoms with Crippen molar-refractivity contribution in [3.05, 3.63) is 65.2 Å². The molecule has 1 N–H and O–H groups in total. The van der Waals surface area contributed by atoms with E-state index in [0.29, 0.717) is 16.6 Å². The highest BCUT2D eigenvalue weighted by molar-refractivity contribution is 6.30. The lowest BCUT2D eigenvalue weighted by atomic mass is 10.1. The molecule has 0 fully saturated rings. The fourth-order valence-electron chi connectivity index (χ4n) is 1.83. The van der Waals surface area contributed by atoms with Gasteiger partial charge in [-0.2, -0.15) is 0 Å². The van der Waals surface area contributed by atoms with Crippen LogP contribution in [0.1, 0.15) is 26.3 Å². The summed E-state index contributed by atoms with van der Waals surface area (Å²) in [6.07, 6.45) is -0.589. The number of carbonyl (C=O) groups excluding carboxylic acids is 1. The average molecular weight is 331 g/mol. The number of rotatable bonds is 2. The number of nitrogens with zero attached hydrogens (tertiary/aromatic N) is 1. The van der Waals surface area contributed by atoms with Crippen LogP contribution in [0.2, 0.25) is 5.02 Å². The van der Waals surface area contributed by atoms with E-state index in [4.69, 9.17) is 16.3 Å². The molecule has 0 aliphatic heterocycles. The van der Waals surface area contributed by atoms with Crippen LogP contribution in [0.5, 0.6) is 5.75 Å². The lowest BCUT2D eigenvalue weighted by molar-refractivity contribution is 0.206.